The Bertz CT molecular complexity index is 1120. The molecule has 0 saturated heterocycles. The second kappa shape index (κ2) is 10.3. The van der Waals surface area contributed by atoms with E-state index >= 15 is 0 Å². The van der Waals surface area contributed by atoms with Crippen LogP contribution in [0, 0.1) is 10.1 Å². The van der Waals surface area contributed by atoms with Gasteiger partial charge in [0.2, 0.25) is 21.5 Å². The van der Waals surface area contributed by atoms with Gasteiger partial charge in [-0.15, -0.1) is 0 Å². The summed E-state index contributed by atoms with van der Waals surface area (Å²) in [5.74, 6) is -0.971. The van der Waals surface area contributed by atoms with Crippen LogP contribution in [0.1, 0.15) is 29.8 Å². The van der Waals surface area contributed by atoms with Gasteiger partial charge in [-0.25, -0.2) is 13.1 Å². The number of rotatable bonds is 10. The third-order valence-corrected chi connectivity index (χ3v) is 5.94. The molecule has 2 aromatic rings. The van der Waals surface area contributed by atoms with Gasteiger partial charge in [-0.05, 0) is 31.5 Å². The lowest BCUT2D eigenvalue weighted by Crippen LogP contribution is -2.30. The van der Waals surface area contributed by atoms with Crippen LogP contribution in [0.2, 0.25) is 0 Å². The number of hydrogen-bond acceptors (Lipinski definition) is 8. The molecule has 1 amide bonds. The highest BCUT2D eigenvalue weighted by atomic mass is 32.2. The van der Waals surface area contributed by atoms with E-state index < -0.39 is 26.5 Å². The predicted octanol–water partition coefficient (Wildman–Crippen LogP) is 2.24. The number of hydrogen-bond donors (Lipinski definition) is 2. The number of nitro benzene ring substituents is 1. The minimum absolute atomic E-state index is 0.0196. The first-order valence-corrected chi connectivity index (χ1v) is 10.9. The van der Waals surface area contributed by atoms with Gasteiger partial charge in [0.05, 0.1) is 31.1 Å². The number of amides is 1. The summed E-state index contributed by atoms with van der Waals surface area (Å²) >= 11 is 0. The third kappa shape index (κ3) is 5.45. The van der Waals surface area contributed by atoms with E-state index in [2.05, 4.69) is 10.0 Å². The molecule has 0 radical (unpaired) electrons. The first-order chi connectivity index (χ1) is 15.0. The van der Waals surface area contributed by atoms with Crippen molar-refractivity contribution >= 4 is 21.6 Å². The molecule has 12 heteroatoms. The number of nitrogens with zero attached hydrogens (tertiary/aromatic N) is 1. The van der Waals surface area contributed by atoms with Gasteiger partial charge in [0.15, 0.2) is 5.75 Å². The van der Waals surface area contributed by atoms with Crippen LogP contribution >= 0.6 is 0 Å². The van der Waals surface area contributed by atoms with Crippen molar-refractivity contribution in [1.29, 1.82) is 0 Å². The summed E-state index contributed by atoms with van der Waals surface area (Å²) in [5.41, 5.74) is -0.394. The van der Waals surface area contributed by atoms with Crippen LogP contribution in [0.3, 0.4) is 0 Å². The monoisotopic (exact) mass is 467 g/mol. The number of carbonyl (C=O) groups is 1. The zero-order valence-electron chi connectivity index (χ0n) is 18.3. The van der Waals surface area contributed by atoms with E-state index in [0.717, 1.165) is 0 Å². The first-order valence-electron chi connectivity index (χ1n) is 9.42. The van der Waals surface area contributed by atoms with Crippen molar-refractivity contribution in [2.75, 3.05) is 21.3 Å². The number of nitrogens with one attached hydrogen (secondary N) is 2. The van der Waals surface area contributed by atoms with Crippen LogP contribution in [-0.4, -0.2) is 46.6 Å². The SMILES string of the molecule is COc1cc(C(=O)NCc2cccc(S(=O)(=O)NC(C)C)c2)c([N+](=O)[O-])c(OC)c1OC. The minimum atomic E-state index is -3.72. The average molecular weight is 468 g/mol. The van der Waals surface area contributed by atoms with Crippen LogP contribution < -0.4 is 24.2 Å². The number of sulfonamides is 1. The molecule has 11 nitrogen and oxygen atoms in total. The maximum atomic E-state index is 12.8. The Morgan fingerprint density at radius 2 is 1.75 bits per heavy atom. The number of nitro groups is 1. The lowest BCUT2D eigenvalue weighted by atomic mass is 10.1. The van der Waals surface area contributed by atoms with E-state index in [9.17, 15) is 23.3 Å². The molecule has 0 atom stereocenters. The quantitative estimate of drug-likeness (QED) is 0.399. The molecule has 0 saturated carbocycles. The van der Waals surface area contributed by atoms with E-state index in [1.54, 1.807) is 19.9 Å². The fourth-order valence-corrected chi connectivity index (χ4v) is 4.29. The van der Waals surface area contributed by atoms with Gasteiger partial charge in [0, 0.05) is 18.7 Å². The molecular weight excluding hydrogens is 442 g/mol. The molecule has 0 aliphatic heterocycles. The smallest absolute Gasteiger partial charge is 0.327 e. The Morgan fingerprint density at radius 3 is 2.28 bits per heavy atom. The molecule has 0 aliphatic rings. The zero-order valence-corrected chi connectivity index (χ0v) is 19.1. The summed E-state index contributed by atoms with van der Waals surface area (Å²) in [4.78, 5) is 23.8. The molecule has 32 heavy (non-hydrogen) atoms. The van der Waals surface area contributed by atoms with Gasteiger partial charge in [-0.2, -0.15) is 0 Å². The third-order valence-electron chi connectivity index (χ3n) is 4.28. The van der Waals surface area contributed by atoms with Crippen molar-refractivity contribution < 1.29 is 32.3 Å². The van der Waals surface area contributed by atoms with Gasteiger partial charge >= 0.3 is 5.69 Å². The van der Waals surface area contributed by atoms with Crippen LogP contribution in [0.4, 0.5) is 5.69 Å². The highest BCUT2D eigenvalue weighted by Crippen LogP contribution is 2.46. The van der Waals surface area contributed by atoms with E-state index in [1.807, 2.05) is 0 Å². The highest BCUT2D eigenvalue weighted by Gasteiger charge is 2.32. The van der Waals surface area contributed by atoms with Crippen molar-refractivity contribution in [3.63, 3.8) is 0 Å². The largest absolute Gasteiger partial charge is 0.493 e. The van der Waals surface area contributed by atoms with Crippen LogP contribution in [0.15, 0.2) is 35.2 Å². The molecule has 0 aliphatic carbocycles. The molecule has 0 bridgehead atoms. The summed E-state index contributed by atoms with van der Waals surface area (Å²) in [6, 6.07) is 6.90. The average Bonchev–Trinajstić information content (AvgIpc) is 2.74. The second-order valence-electron chi connectivity index (χ2n) is 6.90. The van der Waals surface area contributed by atoms with Gasteiger partial charge in [0.25, 0.3) is 5.91 Å². The molecule has 2 N–H and O–H groups in total. The summed E-state index contributed by atoms with van der Waals surface area (Å²) in [5, 5.41) is 14.2. The fraction of sp³-hybridized carbons (Fsp3) is 0.350. The highest BCUT2D eigenvalue weighted by molar-refractivity contribution is 7.89. The van der Waals surface area contributed by atoms with E-state index in [1.165, 1.54) is 45.6 Å². The van der Waals surface area contributed by atoms with Crippen LogP contribution in [0.5, 0.6) is 17.2 Å². The maximum Gasteiger partial charge on any atom is 0.327 e. The van der Waals surface area contributed by atoms with E-state index in [-0.39, 0.29) is 40.3 Å². The summed E-state index contributed by atoms with van der Waals surface area (Å²) in [7, 11) is 0.108. The number of benzene rings is 2. The van der Waals surface area contributed by atoms with Gasteiger partial charge in [0.1, 0.15) is 5.56 Å². The molecule has 2 rings (SSSR count). The summed E-state index contributed by atoms with van der Waals surface area (Å²) in [6.07, 6.45) is 0. The van der Waals surface area contributed by atoms with Gasteiger partial charge in [-0.1, -0.05) is 12.1 Å². The Morgan fingerprint density at radius 1 is 1.09 bits per heavy atom. The van der Waals surface area contributed by atoms with Crippen LogP contribution in [0.25, 0.3) is 0 Å². The van der Waals surface area contributed by atoms with Crippen LogP contribution in [-0.2, 0) is 16.6 Å². The van der Waals surface area contributed by atoms with Gasteiger partial charge < -0.3 is 19.5 Å². The van der Waals surface area contributed by atoms with Crippen molar-refractivity contribution in [3.05, 3.63) is 51.6 Å². The molecule has 174 valence electrons. The minimum Gasteiger partial charge on any atom is -0.493 e. The molecule has 0 aromatic heterocycles. The normalized spacial score (nSPS) is 11.2. The van der Waals surface area contributed by atoms with Crippen molar-refractivity contribution in [2.24, 2.45) is 0 Å². The number of ether oxygens (including phenoxy) is 3. The van der Waals surface area contributed by atoms with Gasteiger partial charge in [-0.3, -0.25) is 14.9 Å². The molecule has 0 fully saturated rings. The van der Waals surface area contributed by atoms with Crippen molar-refractivity contribution in [1.82, 2.24) is 10.0 Å². The lowest BCUT2D eigenvalue weighted by molar-refractivity contribution is -0.386. The summed E-state index contributed by atoms with van der Waals surface area (Å²) in [6.45, 7) is 3.33. The molecule has 0 unspecified atom stereocenters. The number of carbonyl (C=O) groups excluding carboxylic acids is 1. The topological polar surface area (TPSA) is 146 Å². The second-order valence-corrected chi connectivity index (χ2v) is 8.62. The van der Waals surface area contributed by atoms with E-state index in [4.69, 9.17) is 14.2 Å². The standard InChI is InChI=1S/C20H25N3O8S/c1-12(2)22-32(27,28)14-8-6-7-13(9-14)11-21-20(24)15-10-16(29-3)18(30-4)19(31-5)17(15)23(25)26/h6-10,12,22H,11H2,1-5H3,(H,21,24). The Hall–Kier alpha value is -3.38. The predicted molar refractivity (Wildman–Crippen MR) is 116 cm³/mol. The number of methoxy groups -OCH3 is 3. The zero-order chi connectivity index (χ0) is 24.1. The fourth-order valence-electron chi connectivity index (χ4n) is 2.97. The maximum absolute atomic E-state index is 12.8. The lowest BCUT2D eigenvalue weighted by Gasteiger charge is -2.15. The first kappa shape index (κ1) is 24.9. The summed E-state index contributed by atoms with van der Waals surface area (Å²) < 4.78 is 42.6. The Labute approximate surface area is 185 Å². The Kier molecular flexibility index (Phi) is 8.00. The van der Waals surface area contributed by atoms with Crippen molar-refractivity contribution in [3.8, 4) is 17.2 Å². The molecule has 0 spiro atoms. The Balaban J connectivity index is 2.37. The van der Waals surface area contributed by atoms with E-state index in [0.29, 0.717) is 5.56 Å². The molecular formula is C20H25N3O8S. The molecule has 0 heterocycles. The van der Waals surface area contributed by atoms with Crippen molar-refractivity contribution in [2.45, 2.75) is 31.3 Å². The molecule has 2 aromatic carbocycles.